The van der Waals surface area contributed by atoms with Gasteiger partial charge in [0.25, 0.3) is 5.91 Å². The quantitative estimate of drug-likeness (QED) is 0.574. The number of hydrogen-bond donors (Lipinski definition) is 2. The number of halogens is 2. The summed E-state index contributed by atoms with van der Waals surface area (Å²) >= 11 is 12.3. The highest BCUT2D eigenvalue weighted by atomic mass is 35.5. The van der Waals surface area contributed by atoms with Gasteiger partial charge in [-0.2, -0.15) is 0 Å². The fourth-order valence-electron chi connectivity index (χ4n) is 3.69. The van der Waals surface area contributed by atoms with Crippen LogP contribution in [0.2, 0.25) is 10.0 Å². The first-order chi connectivity index (χ1) is 15.0. The molecule has 31 heavy (non-hydrogen) atoms. The van der Waals surface area contributed by atoms with Crippen molar-refractivity contribution in [1.29, 1.82) is 0 Å². The second-order valence-electron chi connectivity index (χ2n) is 7.59. The third-order valence-corrected chi connectivity index (χ3v) is 5.89. The van der Waals surface area contributed by atoms with Gasteiger partial charge in [-0.1, -0.05) is 41.4 Å². The summed E-state index contributed by atoms with van der Waals surface area (Å²) in [5.74, 6) is -0.482. The Kier molecular flexibility index (Phi) is 8.72. The van der Waals surface area contributed by atoms with Crippen LogP contribution in [0, 0.1) is 5.92 Å². The van der Waals surface area contributed by atoms with Gasteiger partial charge in [0, 0.05) is 36.8 Å². The molecule has 6 nitrogen and oxygen atoms in total. The number of nitrogens with one attached hydrogen (secondary N) is 2. The number of benzene rings is 2. The van der Waals surface area contributed by atoms with Crippen LogP contribution in [0.4, 0.5) is 5.69 Å². The van der Waals surface area contributed by atoms with Gasteiger partial charge in [-0.05, 0) is 49.2 Å². The van der Waals surface area contributed by atoms with Crippen molar-refractivity contribution in [2.75, 3.05) is 38.7 Å². The SMILES string of the molecule is COCCNC(=O)c1ccccc1NC(=O)C1CCCN(Cc2ccc(Cl)cc2Cl)C1. The van der Waals surface area contributed by atoms with Crippen molar-refractivity contribution in [3.63, 3.8) is 0 Å². The highest BCUT2D eigenvalue weighted by molar-refractivity contribution is 6.35. The second kappa shape index (κ2) is 11.5. The Morgan fingerprint density at radius 3 is 2.77 bits per heavy atom. The Hall–Kier alpha value is -2.12. The molecule has 0 radical (unpaired) electrons. The smallest absolute Gasteiger partial charge is 0.253 e. The zero-order valence-corrected chi connectivity index (χ0v) is 19.0. The Bertz CT molecular complexity index is 923. The fourth-order valence-corrected chi connectivity index (χ4v) is 4.16. The lowest BCUT2D eigenvalue weighted by molar-refractivity contribution is -0.121. The zero-order valence-electron chi connectivity index (χ0n) is 17.5. The number of anilines is 1. The average Bonchev–Trinajstić information content (AvgIpc) is 2.76. The number of carbonyl (C=O) groups excluding carboxylic acids is 2. The van der Waals surface area contributed by atoms with Crippen molar-refractivity contribution in [3.05, 3.63) is 63.6 Å². The topological polar surface area (TPSA) is 70.7 Å². The van der Waals surface area contributed by atoms with Gasteiger partial charge >= 0.3 is 0 Å². The van der Waals surface area contributed by atoms with Gasteiger partial charge in [0.05, 0.1) is 23.8 Å². The van der Waals surface area contributed by atoms with Gasteiger partial charge in [0.2, 0.25) is 5.91 Å². The van der Waals surface area contributed by atoms with Crippen molar-refractivity contribution >= 4 is 40.7 Å². The molecular weight excluding hydrogens is 437 g/mol. The lowest BCUT2D eigenvalue weighted by Crippen LogP contribution is -2.40. The summed E-state index contributed by atoms with van der Waals surface area (Å²) in [5.41, 5.74) is 1.94. The molecule has 1 saturated heterocycles. The Balaban J connectivity index is 1.62. The van der Waals surface area contributed by atoms with Crippen LogP contribution >= 0.6 is 23.2 Å². The molecule has 2 aromatic carbocycles. The van der Waals surface area contributed by atoms with Crippen LogP contribution in [-0.4, -0.2) is 50.1 Å². The predicted molar refractivity (Wildman–Crippen MR) is 124 cm³/mol. The van der Waals surface area contributed by atoms with Crippen molar-refractivity contribution < 1.29 is 14.3 Å². The molecule has 2 aromatic rings. The number of nitrogens with zero attached hydrogens (tertiary/aromatic N) is 1. The molecule has 0 aromatic heterocycles. The van der Waals surface area contributed by atoms with Crippen LogP contribution in [0.5, 0.6) is 0 Å². The molecule has 166 valence electrons. The molecule has 2 amide bonds. The van der Waals surface area contributed by atoms with Crippen molar-refractivity contribution in [3.8, 4) is 0 Å². The summed E-state index contributed by atoms with van der Waals surface area (Å²) in [6.45, 7) is 3.03. The molecule has 0 saturated carbocycles. The minimum atomic E-state index is -0.240. The molecule has 0 aliphatic carbocycles. The van der Waals surface area contributed by atoms with E-state index in [0.717, 1.165) is 24.9 Å². The summed E-state index contributed by atoms with van der Waals surface area (Å²) in [7, 11) is 1.58. The average molecular weight is 464 g/mol. The number of hydrogen-bond acceptors (Lipinski definition) is 4. The highest BCUT2D eigenvalue weighted by Crippen LogP contribution is 2.26. The first-order valence-corrected chi connectivity index (χ1v) is 11.1. The summed E-state index contributed by atoms with van der Waals surface area (Å²) in [4.78, 5) is 27.7. The predicted octanol–water partition coefficient (Wildman–Crippen LogP) is 4.22. The largest absolute Gasteiger partial charge is 0.383 e. The van der Waals surface area contributed by atoms with E-state index in [1.165, 1.54) is 0 Å². The maximum Gasteiger partial charge on any atom is 0.253 e. The summed E-state index contributed by atoms with van der Waals surface area (Å²) < 4.78 is 4.96. The van der Waals surface area contributed by atoms with Crippen molar-refractivity contribution in [1.82, 2.24) is 10.2 Å². The van der Waals surface area contributed by atoms with Gasteiger partial charge < -0.3 is 15.4 Å². The maximum atomic E-state index is 13.0. The van der Waals surface area contributed by atoms with Crippen LogP contribution in [-0.2, 0) is 16.1 Å². The molecular formula is C23H27Cl2N3O3. The molecule has 1 heterocycles. The van der Waals surface area contributed by atoms with E-state index < -0.39 is 0 Å². The van der Waals surface area contributed by atoms with E-state index in [4.69, 9.17) is 27.9 Å². The van der Waals surface area contributed by atoms with E-state index >= 15 is 0 Å². The number of ether oxygens (including phenoxy) is 1. The van der Waals surface area contributed by atoms with Crippen molar-refractivity contribution in [2.24, 2.45) is 5.92 Å². The van der Waals surface area contributed by atoms with E-state index in [2.05, 4.69) is 15.5 Å². The fraction of sp³-hybridized carbons (Fsp3) is 0.391. The molecule has 1 atom stereocenters. The number of rotatable bonds is 8. The number of piperidine rings is 1. The Morgan fingerprint density at radius 1 is 1.19 bits per heavy atom. The molecule has 0 spiro atoms. The second-order valence-corrected chi connectivity index (χ2v) is 8.44. The molecule has 3 rings (SSSR count). The van der Waals surface area contributed by atoms with Gasteiger partial charge in [0.15, 0.2) is 0 Å². The van der Waals surface area contributed by atoms with Gasteiger partial charge in [-0.3, -0.25) is 14.5 Å². The van der Waals surface area contributed by atoms with Crippen LogP contribution in [0.25, 0.3) is 0 Å². The zero-order chi connectivity index (χ0) is 22.2. The molecule has 1 fully saturated rings. The molecule has 1 unspecified atom stereocenters. The van der Waals surface area contributed by atoms with Gasteiger partial charge in [-0.15, -0.1) is 0 Å². The number of carbonyl (C=O) groups is 2. The van der Waals surface area contributed by atoms with E-state index in [-0.39, 0.29) is 17.7 Å². The first kappa shape index (κ1) is 23.5. The van der Waals surface area contributed by atoms with Crippen LogP contribution in [0.3, 0.4) is 0 Å². The van der Waals surface area contributed by atoms with Gasteiger partial charge in [-0.25, -0.2) is 0 Å². The minimum absolute atomic E-state index is 0.0796. The van der Waals surface area contributed by atoms with Crippen molar-refractivity contribution in [2.45, 2.75) is 19.4 Å². The van der Waals surface area contributed by atoms with Crippen LogP contribution < -0.4 is 10.6 Å². The number of methoxy groups -OCH3 is 1. The lowest BCUT2D eigenvalue weighted by atomic mass is 9.96. The standard InChI is InChI=1S/C23H27Cl2N3O3/c1-31-12-10-26-23(30)19-6-2-3-7-21(19)27-22(29)17-5-4-11-28(15-17)14-16-8-9-18(24)13-20(16)25/h2-3,6-9,13,17H,4-5,10-12,14-15H2,1H3,(H,26,30)(H,27,29). The maximum absolute atomic E-state index is 13.0. The Labute approximate surface area is 192 Å². The lowest BCUT2D eigenvalue weighted by Gasteiger charge is -2.32. The summed E-state index contributed by atoms with van der Waals surface area (Å²) in [6.07, 6.45) is 1.72. The first-order valence-electron chi connectivity index (χ1n) is 10.3. The summed E-state index contributed by atoms with van der Waals surface area (Å²) in [5, 5.41) is 6.98. The third kappa shape index (κ3) is 6.68. The highest BCUT2D eigenvalue weighted by Gasteiger charge is 2.27. The molecule has 1 aliphatic rings. The van der Waals surface area contributed by atoms with E-state index in [9.17, 15) is 9.59 Å². The third-order valence-electron chi connectivity index (χ3n) is 5.31. The number of amides is 2. The molecule has 8 heteroatoms. The molecule has 2 N–H and O–H groups in total. The van der Waals surface area contributed by atoms with E-state index in [0.29, 0.717) is 47.5 Å². The number of para-hydroxylation sites is 1. The molecule has 0 bridgehead atoms. The van der Waals surface area contributed by atoms with Crippen LogP contribution in [0.15, 0.2) is 42.5 Å². The monoisotopic (exact) mass is 463 g/mol. The van der Waals surface area contributed by atoms with E-state index in [1.807, 2.05) is 12.1 Å². The normalized spacial score (nSPS) is 16.7. The minimum Gasteiger partial charge on any atom is -0.383 e. The number of likely N-dealkylation sites (tertiary alicyclic amines) is 1. The van der Waals surface area contributed by atoms with E-state index in [1.54, 1.807) is 37.4 Å². The van der Waals surface area contributed by atoms with Crippen LogP contribution in [0.1, 0.15) is 28.8 Å². The van der Waals surface area contributed by atoms with Gasteiger partial charge in [0.1, 0.15) is 0 Å². The molecule has 1 aliphatic heterocycles. The Morgan fingerprint density at radius 2 is 2.00 bits per heavy atom. The summed E-state index contributed by atoms with van der Waals surface area (Å²) in [6, 6.07) is 12.5.